The van der Waals surface area contributed by atoms with Crippen molar-refractivity contribution in [1.82, 2.24) is 9.55 Å². The van der Waals surface area contributed by atoms with Crippen LogP contribution in [0.1, 0.15) is 17.6 Å². The van der Waals surface area contributed by atoms with E-state index in [4.69, 9.17) is 14.5 Å². The average Bonchev–Trinajstić information content (AvgIpc) is 3.32. The molecule has 138 valence electrons. The van der Waals surface area contributed by atoms with Gasteiger partial charge in [0, 0.05) is 11.3 Å². The van der Waals surface area contributed by atoms with Gasteiger partial charge in [-0.05, 0) is 42.6 Å². The Morgan fingerprint density at radius 2 is 1.70 bits per heavy atom. The topological polar surface area (TPSA) is 36.3 Å². The summed E-state index contributed by atoms with van der Waals surface area (Å²) >= 11 is 1.76. The fourth-order valence-corrected chi connectivity index (χ4v) is 3.87. The minimum absolute atomic E-state index is 0.557. The van der Waals surface area contributed by atoms with Crippen LogP contribution in [0, 0.1) is 0 Å². The van der Waals surface area contributed by atoms with Crippen molar-refractivity contribution in [3.63, 3.8) is 0 Å². The predicted octanol–water partition coefficient (Wildman–Crippen LogP) is 5.17. The summed E-state index contributed by atoms with van der Waals surface area (Å²) in [7, 11) is 0. The zero-order chi connectivity index (χ0) is 18.5. The molecule has 0 N–H and O–H groups in total. The van der Waals surface area contributed by atoms with Crippen LogP contribution in [0.2, 0.25) is 0 Å². The maximum absolute atomic E-state index is 6.03. The maximum atomic E-state index is 6.03. The van der Waals surface area contributed by atoms with Gasteiger partial charge in [-0.2, -0.15) is 0 Å². The Morgan fingerprint density at radius 1 is 0.926 bits per heavy atom. The van der Waals surface area contributed by atoms with Gasteiger partial charge in [-0.15, -0.1) is 11.3 Å². The minimum Gasteiger partial charge on any atom is -0.490 e. The van der Waals surface area contributed by atoms with Gasteiger partial charge in [0.25, 0.3) is 0 Å². The lowest BCUT2D eigenvalue weighted by Gasteiger charge is -2.13. The summed E-state index contributed by atoms with van der Waals surface area (Å²) in [5.74, 6) is 2.64. The smallest absolute Gasteiger partial charge is 0.161 e. The summed E-state index contributed by atoms with van der Waals surface area (Å²) in [5.41, 5.74) is 2.17. The Morgan fingerprint density at radius 3 is 2.48 bits per heavy atom. The Labute approximate surface area is 163 Å². The summed E-state index contributed by atoms with van der Waals surface area (Å²) in [5, 5.41) is 2.11. The number of nitrogens with zero attached hydrogens (tertiary/aromatic N) is 2. The summed E-state index contributed by atoms with van der Waals surface area (Å²) in [6.45, 7) is 3.90. The predicted molar refractivity (Wildman–Crippen MR) is 110 cm³/mol. The first kappa shape index (κ1) is 17.6. The molecule has 0 saturated carbocycles. The molecule has 0 bridgehead atoms. The van der Waals surface area contributed by atoms with E-state index >= 15 is 0 Å². The number of benzene rings is 2. The van der Waals surface area contributed by atoms with E-state index in [1.807, 2.05) is 37.3 Å². The summed E-state index contributed by atoms with van der Waals surface area (Å²) in [6, 6.07) is 20.3. The highest BCUT2D eigenvalue weighted by Crippen LogP contribution is 2.27. The second-order valence-corrected chi connectivity index (χ2v) is 7.18. The van der Waals surface area contributed by atoms with Crippen LogP contribution in [-0.2, 0) is 13.0 Å². The molecule has 2 heterocycles. The Balaban J connectivity index is 1.54. The van der Waals surface area contributed by atoms with E-state index in [0.717, 1.165) is 41.3 Å². The summed E-state index contributed by atoms with van der Waals surface area (Å²) in [6.07, 6.45) is 0.835. The van der Waals surface area contributed by atoms with Crippen molar-refractivity contribution >= 4 is 22.4 Å². The minimum atomic E-state index is 0.557. The van der Waals surface area contributed by atoms with Crippen molar-refractivity contribution in [3.05, 3.63) is 76.7 Å². The van der Waals surface area contributed by atoms with Crippen LogP contribution in [0.5, 0.6) is 11.5 Å². The Bertz CT molecular complexity index is 1010. The molecule has 0 aliphatic rings. The molecule has 0 fully saturated rings. The lowest BCUT2D eigenvalue weighted by Crippen LogP contribution is -2.12. The number of rotatable bonds is 8. The van der Waals surface area contributed by atoms with Gasteiger partial charge in [0.15, 0.2) is 11.5 Å². The lowest BCUT2D eigenvalue weighted by atomic mass is 10.3. The van der Waals surface area contributed by atoms with Crippen LogP contribution in [-0.4, -0.2) is 22.8 Å². The molecule has 27 heavy (non-hydrogen) atoms. The van der Waals surface area contributed by atoms with Crippen molar-refractivity contribution in [3.8, 4) is 11.5 Å². The molecule has 2 aromatic heterocycles. The van der Waals surface area contributed by atoms with Gasteiger partial charge < -0.3 is 14.0 Å². The highest BCUT2D eigenvalue weighted by molar-refractivity contribution is 7.09. The van der Waals surface area contributed by atoms with Crippen LogP contribution >= 0.6 is 11.3 Å². The second kappa shape index (κ2) is 8.27. The molecule has 0 aliphatic carbocycles. The Kier molecular flexibility index (Phi) is 5.39. The zero-order valence-corrected chi connectivity index (χ0v) is 16.1. The molecule has 4 nitrogen and oxygen atoms in total. The van der Waals surface area contributed by atoms with Crippen LogP contribution in [0.4, 0.5) is 0 Å². The van der Waals surface area contributed by atoms with Crippen molar-refractivity contribution < 1.29 is 9.47 Å². The third kappa shape index (κ3) is 3.98. The van der Waals surface area contributed by atoms with E-state index in [0.29, 0.717) is 13.2 Å². The third-order valence-electron chi connectivity index (χ3n) is 4.37. The standard InChI is InChI=1S/C22H22N2O2S/c1-2-25-20-11-5-6-12-21(20)26-14-13-24-19-10-4-3-9-18(19)23-22(24)16-17-8-7-15-27-17/h3-12,15H,2,13-14,16H2,1H3. The molecule has 0 spiro atoms. The number of thiophene rings is 1. The molecule has 0 aliphatic heterocycles. The van der Waals surface area contributed by atoms with Gasteiger partial charge in [-0.3, -0.25) is 0 Å². The van der Waals surface area contributed by atoms with Gasteiger partial charge in [0.05, 0.1) is 24.2 Å². The molecule has 5 heteroatoms. The quantitative estimate of drug-likeness (QED) is 0.425. The molecular weight excluding hydrogens is 356 g/mol. The molecule has 0 atom stereocenters. The van der Waals surface area contributed by atoms with Crippen LogP contribution in [0.3, 0.4) is 0 Å². The fourth-order valence-electron chi connectivity index (χ4n) is 3.17. The van der Waals surface area contributed by atoms with Crippen molar-refractivity contribution in [2.45, 2.75) is 19.9 Å². The summed E-state index contributed by atoms with van der Waals surface area (Å²) in [4.78, 5) is 6.16. The number of hydrogen-bond donors (Lipinski definition) is 0. The second-order valence-electron chi connectivity index (χ2n) is 6.15. The first-order chi connectivity index (χ1) is 13.3. The molecule has 2 aromatic carbocycles. The average molecular weight is 378 g/mol. The monoisotopic (exact) mass is 378 g/mol. The van der Waals surface area contributed by atoms with Crippen molar-refractivity contribution in [2.24, 2.45) is 0 Å². The number of para-hydroxylation sites is 4. The fraction of sp³-hybridized carbons (Fsp3) is 0.227. The molecule has 0 radical (unpaired) electrons. The van der Waals surface area contributed by atoms with E-state index < -0.39 is 0 Å². The van der Waals surface area contributed by atoms with Gasteiger partial charge in [-0.25, -0.2) is 4.98 Å². The molecular formula is C22H22N2O2S. The first-order valence-electron chi connectivity index (χ1n) is 9.16. The van der Waals surface area contributed by atoms with Crippen LogP contribution < -0.4 is 9.47 Å². The number of fused-ring (bicyclic) bond motifs is 1. The largest absolute Gasteiger partial charge is 0.490 e. The van der Waals surface area contributed by atoms with Crippen LogP contribution in [0.25, 0.3) is 11.0 Å². The van der Waals surface area contributed by atoms with Crippen LogP contribution in [0.15, 0.2) is 66.0 Å². The van der Waals surface area contributed by atoms with Gasteiger partial charge >= 0.3 is 0 Å². The van der Waals surface area contributed by atoms with E-state index in [1.165, 1.54) is 4.88 Å². The molecule has 4 aromatic rings. The molecule has 0 saturated heterocycles. The van der Waals surface area contributed by atoms with E-state index in [-0.39, 0.29) is 0 Å². The molecule has 0 unspecified atom stereocenters. The number of ether oxygens (including phenoxy) is 2. The van der Waals surface area contributed by atoms with E-state index in [2.05, 4.69) is 40.3 Å². The highest BCUT2D eigenvalue weighted by Gasteiger charge is 2.12. The first-order valence-corrected chi connectivity index (χ1v) is 10.0. The van der Waals surface area contributed by atoms with Crippen molar-refractivity contribution in [1.29, 1.82) is 0 Å². The highest BCUT2D eigenvalue weighted by atomic mass is 32.1. The Hall–Kier alpha value is -2.79. The van der Waals surface area contributed by atoms with E-state index in [9.17, 15) is 0 Å². The normalized spacial score (nSPS) is 11.0. The molecule has 4 rings (SSSR count). The third-order valence-corrected chi connectivity index (χ3v) is 5.24. The molecule has 0 amide bonds. The van der Waals surface area contributed by atoms with Crippen molar-refractivity contribution in [2.75, 3.05) is 13.2 Å². The number of imidazole rings is 1. The van der Waals surface area contributed by atoms with Gasteiger partial charge in [-0.1, -0.05) is 30.3 Å². The SMILES string of the molecule is CCOc1ccccc1OCCn1c(Cc2cccs2)nc2ccccc21. The summed E-state index contributed by atoms with van der Waals surface area (Å²) < 4.78 is 13.9. The maximum Gasteiger partial charge on any atom is 0.161 e. The van der Waals surface area contributed by atoms with Gasteiger partial charge in [0.1, 0.15) is 12.4 Å². The number of aromatic nitrogens is 2. The van der Waals surface area contributed by atoms with Gasteiger partial charge in [0.2, 0.25) is 0 Å². The number of hydrogen-bond acceptors (Lipinski definition) is 4. The lowest BCUT2D eigenvalue weighted by molar-refractivity contribution is 0.266. The van der Waals surface area contributed by atoms with E-state index in [1.54, 1.807) is 11.3 Å². The zero-order valence-electron chi connectivity index (χ0n) is 15.3.